The Kier molecular flexibility index (Phi) is 15.1. The van der Waals surface area contributed by atoms with Gasteiger partial charge in [0.1, 0.15) is 0 Å². The maximum absolute atomic E-state index is 11.6. The van der Waals surface area contributed by atoms with Crippen LogP contribution in [0.1, 0.15) is 116 Å². The molecule has 24 heavy (non-hydrogen) atoms. The van der Waals surface area contributed by atoms with E-state index in [9.17, 15) is 4.79 Å². The summed E-state index contributed by atoms with van der Waals surface area (Å²) >= 11 is 0. The molecule has 0 radical (unpaired) electrons. The maximum atomic E-state index is 11.6. The highest BCUT2D eigenvalue weighted by molar-refractivity contribution is 5.69. The first kappa shape index (κ1) is 21.3. The van der Waals surface area contributed by atoms with Crippen molar-refractivity contribution in [3.05, 3.63) is 12.2 Å². The second-order valence-corrected chi connectivity index (χ2v) is 7.32. The number of allylic oxidation sites excluding steroid dienone is 2. The number of cyclic esters (lactones) is 1. The third kappa shape index (κ3) is 14.8. The van der Waals surface area contributed by atoms with Gasteiger partial charge in [0.2, 0.25) is 0 Å². The zero-order valence-corrected chi connectivity index (χ0v) is 15.9. The zero-order chi connectivity index (χ0) is 17.1. The third-order valence-electron chi connectivity index (χ3n) is 4.95. The fourth-order valence-electron chi connectivity index (χ4n) is 3.33. The van der Waals surface area contributed by atoms with E-state index in [1.54, 1.807) is 0 Å². The van der Waals surface area contributed by atoms with Crippen LogP contribution in [0.3, 0.4) is 0 Å². The molecule has 0 bridgehead atoms. The lowest BCUT2D eigenvalue weighted by atomic mass is 10.0. The number of carbonyl (C=O) groups is 1. The number of hydrogen-bond acceptors (Lipinski definition) is 2. The Hall–Kier alpha value is -0.790. The number of carbonyl (C=O) groups excluding carboxylic acids is 1. The van der Waals surface area contributed by atoms with E-state index in [1.165, 1.54) is 96.3 Å². The minimum atomic E-state index is 0.0105. The number of esters is 1. The molecular formula is C22H40O2. The molecule has 140 valence electrons. The minimum absolute atomic E-state index is 0.0105. The Bertz CT molecular complexity index is 309. The van der Waals surface area contributed by atoms with Gasteiger partial charge >= 0.3 is 5.97 Å². The van der Waals surface area contributed by atoms with Crippen LogP contribution in [0.4, 0.5) is 0 Å². The first-order valence-electron chi connectivity index (χ1n) is 10.7. The molecule has 0 N–H and O–H groups in total. The van der Waals surface area contributed by atoms with E-state index in [1.807, 2.05) is 0 Å². The summed E-state index contributed by atoms with van der Waals surface area (Å²) in [6, 6.07) is 0. The molecule has 0 fully saturated rings. The van der Waals surface area contributed by atoms with Gasteiger partial charge in [-0.1, -0.05) is 82.8 Å². The average Bonchev–Trinajstić information content (AvgIpc) is 2.58. The monoisotopic (exact) mass is 336 g/mol. The van der Waals surface area contributed by atoms with Crippen molar-refractivity contribution >= 4 is 5.97 Å². The van der Waals surface area contributed by atoms with Gasteiger partial charge in [0, 0.05) is 6.42 Å². The molecular weight excluding hydrogens is 296 g/mol. The number of hydrogen-bond donors (Lipinski definition) is 0. The quantitative estimate of drug-likeness (QED) is 0.347. The molecule has 0 unspecified atom stereocenters. The highest BCUT2D eigenvalue weighted by atomic mass is 16.5. The van der Waals surface area contributed by atoms with Crippen LogP contribution in [-0.4, -0.2) is 12.6 Å². The van der Waals surface area contributed by atoms with Crippen LogP contribution in [0.25, 0.3) is 0 Å². The molecule has 1 rings (SSSR count). The molecule has 0 saturated heterocycles. The lowest BCUT2D eigenvalue weighted by molar-refractivity contribution is -0.143. The Balaban J connectivity index is 2.13. The summed E-state index contributed by atoms with van der Waals surface area (Å²) in [5.74, 6) is 0.0105. The highest BCUT2D eigenvalue weighted by Crippen LogP contribution is 2.13. The Morgan fingerprint density at radius 1 is 0.542 bits per heavy atom. The first-order valence-corrected chi connectivity index (χ1v) is 10.7. The molecule has 1 heterocycles. The van der Waals surface area contributed by atoms with Crippen molar-refractivity contribution in [1.29, 1.82) is 0 Å². The van der Waals surface area contributed by atoms with Gasteiger partial charge in [-0.2, -0.15) is 0 Å². The molecule has 0 aromatic rings. The minimum Gasteiger partial charge on any atom is -0.466 e. The van der Waals surface area contributed by atoms with Crippen molar-refractivity contribution in [1.82, 2.24) is 0 Å². The second kappa shape index (κ2) is 17.0. The predicted molar refractivity (Wildman–Crippen MR) is 103 cm³/mol. The first-order chi connectivity index (χ1) is 11.9. The van der Waals surface area contributed by atoms with E-state index in [4.69, 9.17) is 4.74 Å². The third-order valence-corrected chi connectivity index (χ3v) is 4.95. The van der Waals surface area contributed by atoms with Gasteiger partial charge in [0.25, 0.3) is 0 Å². The van der Waals surface area contributed by atoms with Crippen LogP contribution in [0, 0.1) is 0 Å². The molecule has 2 nitrogen and oxygen atoms in total. The maximum Gasteiger partial charge on any atom is 0.305 e. The van der Waals surface area contributed by atoms with E-state index in [2.05, 4.69) is 12.2 Å². The molecule has 2 heteroatoms. The lowest BCUT2D eigenvalue weighted by Crippen LogP contribution is -2.05. The zero-order valence-electron chi connectivity index (χ0n) is 15.9. The molecule has 1 aliphatic heterocycles. The number of rotatable bonds is 0. The molecule has 0 amide bonds. The van der Waals surface area contributed by atoms with Gasteiger partial charge < -0.3 is 4.74 Å². The summed E-state index contributed by atoms with van der Waals surface area (Å²) in [7, 11) is 0. The SMILES string of the molecule is O=C1CCCCCCCCCCCCC/C=C\CCCCCCO1. The molecule has 0 aliphatic carbocycles. The second-order valence-electron chi connectivity index (χ2n) is 7.32. The number of ether oxygens (including phenoxy) is 1. The summed E-state index contributed by atoms with van der Waals surface area (Å²) in [6.07, 6.45) is 27.1. The smallest absolute Gasteiger partial charge is 0.305 e. The largest absolute Gasteiger partial charge is 0.466 e. The van der Waals surface area contributed by atoms with Crippen LogP contribution in [0.2, 0.25) is 0 Å². The molecule has 0 atom stereocenters. The Morgan fingerprint density at radius 3 is 1.50 bits per heavy atom. The summed E-state index contributed by atoms with van der Waals surface area (Å²) < 4.78 is 5.32. The molecule has 0 aromatic heterocycles. The van der Waals surface area contributed by atoms with Gasteiger partial charge in [-0.05, 0) is 38.5 Å². The van der Waals surface area contributed by atoms with Gasteiger partial charge in [-0.15, -0.1) is 0 Å². The van der Waals surface area contributed by atoms with Crippen molar-refractivity contribution in [2.45, 2.75) is 116 Å². The van der Waals surface area contributed by atoms with Gasteiger partial charge in [0.05, 0.1) is 6.61 Å². The van der Waals surface area contributed by atoms with E-state index in [0.29, 0.717) is 13.0 Å². The summed E-state index contributed by atoms with van der Waals surface area (Å²) in [5, 5.41) is 0. The van der Waals surface area contributed by atoms with Gasteiger partial charge in [-0.25, -0.2) is 0 Å². The standard InChI is InChI=1S/C22H40O2/c23-22-20-18-16-14-12-10-8-6-4-2-1-3-5-7-9-11-13-15-17-19-21-24-22/h7,9H,1-6,8,10-21H2/b9-7-. The topological polar surface area (TPSA) is 26.3 Å². The van der Waals surface area contributed by atoms with Crippen molar-refractivity contribution < 1.29 is 9.53 Å². The lowest BCUT2D eigenvalue weighted by Gasteiger charge is -2.05. The van der Waals surface area contributed by atoms with Gasteiger partial charge in [0.15, 0.2) is 0 Å². The fraction of sp³-hybridized carbons (Fsp3) is 0.864. The van der Waals surface area contributed by atoms with Crippen molar-refractivity contribution in [3.8, 4) is 0 Å². The van der Waals surface area contributed by atoms with Gasteiger partial charge in [-0.3, -0.25) is 4.79 Å². The van der Waals surface area contributed by atoms with E-state index in [-0.39, 0.29) is 5.97 Å². The Morgan fingerprint density at radius 2 is 0.958 bits per heavy atom. The van der Waals surface area contributed by atoms with Crippen LogP contribution in [-0.2, 0) is 9.53 Å². The normalized spacial score (nSPS) is 23.9. The molecule has 1 aliphatic rings. The fourth-order valence-corrected chi connectivity index (χ4v) is 3.33. The van der Waals surface area contributed by atoms with Crippen molar-refractivity contribution in [2.75, 3.05) is 6.61 Å². The van der Waals surface area contributed by atoms with E-state index in [0.717, 1.165) is 12.8 Å². The molecule has 0 spiro atoms. The van der Waals surface area contributed by atoms with Crippen molar-refractivity contribution in [3.63, 3.8) is 0 Å². The van der Waals surface area contributed by atoms with Crippen LogP contribution in [0.15, 0.2) is 12.2 Å². The highest BCUT2D eigenvalue weighted by Gasteiger charge is 2.02. The average molecular weight is 337 g/mol. The van der Waals surface area contributed by atoms with Crippen LogP contribution < -0.4 is 0 Å². The van der Waals surface area contributed by atoms with Crippen molar-refractivity contribution in [2.24, 2.45) is 0 Å². The Labute approximate surface area is 150 Å². The van der Waals surface area contributed by atoms with E-state index < -0.39 is 0 Å². The summed E-state index contributed by atoms with van der Waals surface area (Å²) in [4.78, 5) is 11.6. The molecule has 0 aromatic carbocycles. The van der Waals surface area contributed by atoms with E-state index >= 15 is 0 Å². The summed E-state index contributed by atoms with van der Waals surface area (Å²) in [5.41, 5.74) is 0. The van der Waals surface area contributed by atoms with Crippen LogP contribution in [0.5, 0.6) is 0 Å². The van der Waals surface area contributed by atoms with Crippen LogP contribution >= 0.6 is 0 Å². The predicted octanol–water partition coefficient (Wildman–Crippen LogP) is 7.12. The summed E-state index contributed by atoms with van der Waals surface area (Å²) in [6.45, 7) is 0.620. The molecule has 0 saturated carbocycles.